The van der Waals surface area contributed by atoms with Crippen molar-refractivity contribution in [2.24, 2.45) is 0 Å². The van der Waals surface area contributed by atoms with E-state index in [0.29, 0.717) is 5.02 Å². The fourth-order valence-electron chi connectivity index (χ4n) is 2.93. The molecule has 0 bridgehead atoms. The van der Waals surface area contributed by atoms with Gasteiger partial charge in [0.05, 0.1) is 19.3 Å². The molecule has 0 aromatic heterocycles. The Morgan fingerprint density at radius 1 is 1.19 bits per heavy atom. The number of anilines is 1. The number of rotatable bonds is 3. The minimum Gasteiger partial charge on any atom is -0.497 e. The third-order valence-corrected chi connectivity index (χ3v) is 4.20. The van der Waals surface area contributed by atoms with Gasteiger partial charge < -0.3 is 14.7 Å². The van der Waals surface area contributed by atoms with Crippen LogP contribution >= 0.6 is 11.6 Å². The fraction of sp³-hybridized carbons (Fsp3) is 0.294. The van der Waals surface area contributed by atoms with Crippen molar-refractivity contribution in [3.8, 4) is 5.75 Å². The van der Waals surface area contributed by atoms with Crippen molar-refractivity contribution < 1.29 is 9.84 Å². The van der Waals surface area contributed by atoms with E-state index in [9.17, 15) is 5.11 Å². The number of nitrogens with zero attached hydrogens (tertiary/aromatic N) is 1. The molecule has 3 rings (SSSR count). The molecule has 0 radical (unpaired) electrons. The second-order valence-electron chi connectivity index (χ2n) is 5.25. The van der Waals surface area contributed by atoms with Crippen LogP contribution < -0.4 is 9.64 Å². The van der Waals surface area contributed by atoms with Gasteiger partial charge in [-0.05, 0) is 48.4 Å². The molecule has 1 fully saturated rings. The topological polar surface area (TPSA) is 32.7 Å². The van der Waals surface area contributed by atoms with Crippen LogP contribution in [0, 0.1) is 0 Å². The molecule has 4 heteroatoms. The largest absolute Gasteiger partial charge is 0.497 e. The Labute approximate surface area is 129 Å². The maximum atomic E-state index is 10.4. The van der Waals surface area contributed by atoms with E-state index < -0.39 is 0 Å². The van der Waals surface area contributed by atoms with Gasteiger partial charge in [0, 0.05) is 17.3 Å². The summed E-state index contributed by atoms with van der Waals surface area (Å²) < 4.78 is 5.19. The van der Waals surface area contributed by atoms with Gasteiger partial charge in [0.1, 0.15) is 5.75 Å². The average Bonchev–Trinajstić information content (AvgIpc) is 2.89. The van der Waals surface area contributed by atoms with Crippen molar-refractivity contribution in [1.29, 1.82) is 0 Å². The maximum Gasteiger partial charge on any atom is 0.119 e. The smallest absolute Gasteiger partial charge is 0.119 e. The summed E-state index contributed by atoms with van der Waals surface area (Å²) in [5.74, 6) is 0.831. The first-order valence-electron chi connectivity index (χ1n) is 7.03. The van der Waals surface area contributed by atoms with Crippen LogP contribution in [0.4, 0.5) is 5.69 Å². The van der Waals surface area contributed by atoms with Gasteiger partial charge in [-0.2, -0.15) is 0 Å². The molecule has 1 aliphatic heterocycles. The van der Waals surface area contributed by atoms with Gasteiger partial charge in [0.15, 0.2) is 0 Å². The fourth-order valence-corrected chi connectivity index (χ4v) is 3.13. The molecule has 1 N–H and O–H groups in total. The molecule has 1 heterocycles. The molecule has 2 atom stereocenters. The zero-order chi connectivity index (χ0) is 14.8. The first-order chi connectivity index (χ1) is 10.2. The molecule has 2 unspecified atom stereocenters. The summed E-state index contributed by atoms with van der Waals surface area (Å²) in [5.41, 5.74) is 2.13. The quantitative estimate of drug-likeness (QED) is 0.939. The maximum absolute atomic E-state index is 10.4. The molecule has 1 saturated heterocycles. The van der Waals surface area contributed by atoms with E-state index in [1.54, 1.807) is 7.11 Å². The number of hydrogen-bond acceptors (Lipinski definition) is 3. The molecule has 2 aromatic rings. The van der Waals surface area contributed by atoms with E-state index in [4.69, 9.17) is 16.3 Å². The number of halogens is 1. The number of ether oxygens (including phenoxy) is 1. The molecule has 0 saturated carbocycles. The lowest BCUT2D eigenvalue weighted by molar-refractivity contribution is 0.165. The average molecular weight is 304 g/mol. The van der Waals surface area contributed by atoms with Crippen molar-refractivity contribution in [3.05, 3.63) is 59.1 Å². The van der Waals surface area contributed by atoms with E-state index in [1.165, 1.54) is 0 Å². The molecule has 0 amide bonds. The predicted octanol–water partition coefficient (Wildman–Crippen LogP) is 3.66. The molecule has 21 heavy (non-hydrogen) atoms. The lowest BCUT2D eigenvalue weighted by Gasteiger charge is -2.29. The van der Waals surface area contributed by atoms with Crippen molar-refractivity contribution in [2.45, 2.75) is 18.6 Å². The molecular weight excluding hydrogens is 286 g/mol. The van der Waals surface area contributed by atoms with Gasteiger partial charge in [-0.3, -0.25) is 0 Å². The van der Waals surface area contributed by atoms with Crippen molar-refractivity contribution in [2.75, 3.05) is 18.6 Å². The zero-order valence-electron chi connectivity index (χ0n) is 11.9. The van der Waals surface area contributed by atoms with Crippen LogP contribution in [0.5, 0.6) is 5.75 Å². The van der Waals surface area contributed by atoms with E-state index in [-0.39, 0.29) is 12.1 Å². The summed E-state index contributed by atoms with van der Waals surface area (Å²) >= 11 is 6.09. The highest BCUT2D eigenvalue weighted by atomic mass is 35.5. The summed E-state index contributed by atoms with van der Waals surface area (Å²) in [6.07, 6.45) is 0.369. The minimum absolute atomic E-state index is 0.0582. The third-order valence-electron chi connectivity index (χ3n) is 3.96. The summed E-state index contributed by atoms with van der Waals surface area (Å²) in [5, 5.41) is 11.1. The summed E-state index contributed by atoms with van der Waals surface area (Å²) in [7, 11) is 1.66. The number of benzene rings is 2. The summed E-state index contributed by atoms with van der Waals surface area (Å²) in [6, 6.07) is 15.6. The minimum atomic E-state index is -0.384. The highest BCUT2D eigenvalue weighted by Crippen LogP contribution is 2.37. The van der Waals surface area contributed by atoms with E-state index in [0.717, 1.165) is 30.0 Å². The van der Waals surface area contributed by atoms with Crippen LogP contribution in [0.15, 0.2) is 48.5 Å². The van der Waals surface area contributed by atoms with Crippen molar-refractivity contribution in [3.63, 3.8) is 0 Å². The van der Waals surface area contributed by atoms with Crippen LogP contribution in [0.3, 0.4) is 0 Å². The lowest BCUT2D eigenvalue weighted by atomic mass is 10.0. The lowest BCUT2D eigenvalue weighted by Crippen LogP contribution is -2.27. The monoisotopic (exact) mass is 303 g/mol. The van der Waals surface area contributed by atoms with Crippen LogP contribution in [-0.4, -0.2) is 24.9 Å². The predicted molar refractivity (Wildman–Crippen MR) is 85.2 cm³/mol. The van der Waals surface area contributed by atoms with Crippen molar-refractivity contribution >= 4 is 17.3 Å². The third kappa shape index (κ3) is 2.85. The number of methoxy groups -OCH3 is 1. The van der Waals surface area contributed by atoms with Crippen LogP contribution in [-0.2, 0) is 0 Å². The number of hydrogen-bond donors (Lipinski definition) is 1. The van der Waals surface area contributed by atoms with E-state index in [2.05, 4.69) is 4.90 Å². The Morgan fingerprint density at radius 3 is 2.62 bits per heavy atom. The highest BCUT2D eigenvalue weighted by molar-refractivity contribution is 6.30. The van der Waals surface area contributed by atoms with Crippen LogP contribution in [0.1, 0.15) is 18.0 Å². The van der Waals surface area contributed by atoms with Gasteiger partial charge in [-0.1, -0.05) is 23.7 Å². The molecule has 0 aliphatic carbocycles. The molecule has 1 aliphatic rings. The molecule has 2 aromatic carbocycles. The summed E-state index contributed by atoms with van der Waals surface area (Å²) in [6.45, 7) is 0.824. The highest BCUT2D eigenvalue weighted by Gasteiger charge is 2.34. The van der Waals surface area contributed by atoms with Crippen LogP contribution in [0.25, 0.3) is 0 Å². The number of aliphatic hydroxyl groups is 1. The Morgan fingerprint density at radius 2 is 1.95 bits per heavy atom. The van der Waals surface area contributed by atoms with Crippen molar-refractivity contribution in [1.82, 2.24) is 0 Å². The molecule has 110 valence electrons. The Kier molecular flexibility index (Phi) is 4.04. The van der Waals surface area contributed by atoms with E-state index in [1.807, 2.05) is 48.5 Å². The van der Waals surface area contributed by atoms with Gasteiger partial charge in [0.2, 0.25) is 0 Å². The zero-order valence-corrected chi connectivity index (χ0v) is 12.6. The SMILES string of the molecule is COc1ccc(N2CCC(O)C2c2cccc(Cl)c2)cc1. The van der Waals surface area contributed by atoms with Crippen LogP contribution in [0.2, 0.25) is 5.02 Å². The Bertz CT molecular complexity index is 614. The second kappa shape index (κ2) is 5.96. The Balaban J connectivity index is 1.93. The van der Waals surface area contributed by atoms with Gasteiger partial charge in [-0.15, -0.1) is 0 Å². The Hall–Kier alpha value is -1.71. The number of aliphatic hydroxyl groups excluding tert-OH is 1. The van der Waals surface area contributed by atoms with E-state index >= 15 is 0 Å². The first kappa shape index (κ1) is 14.2. The molecule has 3 nitrogen and oxygen atoms in total. The second-order valence-corrected chi connectivity index (χ2v) is 5.68. The van der Waals surface area contributed by atoms with Gasteiger partial charge in [0.25, 0.3) is 0 Å². The van der Waals surface area contributed by atoms with Gasteiger partial charge >= 0.3 is 0 Å². The summed E-state index contributed by atoms with van der Waals surface area (Å²) in [4.78, 5) is 2.22. The molecular formula is C17H18ClNO2. The van der Waals surface area contributed by atoms with Gasteiger partial charge in [-0.25, -0.2) is 0 Å². The molecule has 0 spiro atoms. The standard InChI is InChI=1S/C17H18ClNO2/c1-21-15-7-5-14(6-8-15)19-10-9-16(20)17(19)12-3-2-4-13(18)11-12/h2-8,11,16-17,20H,9-10H2,1H3. The normalized spacial score (nSPS) is 21.6. The first-order valence-corrected chi connectivity index (χ1v) is 7.41.